The lowest BCUT2D eigenvalue weighted by molar-refractivity contribution is -0.122. The zero-order chi connectivity index (χ0) is 16.2. The quantitative estimate of drug-likeness (QED) is 0.851. The van der Waals surface area contributed by atoms with Crippen molar-refractivity contribution in [3.8, 4) is 0 Å². The SMILES string of the molecule is CCc1ccc(NC(C(=O)NC2CC2)c2ccc(F)cc2)cc1. The van der Waals surface area contributed by atoms with Gasteiger partial charge in [-0.05, 0) is 54.7 Å². The number of benzene rings is 2. The Labute approximate surface area is 135 Å². The first-order chi connectivity index (χ1) is 11.2. The molecule has 3 nitrogen and oxygen atoms in total. The van der Waals surface area contributed by atoms with Crippen molar-refractivity contribution in [2.45, 2.75) is 38.3 Å². The van der Waals surface area contributed by atoms with Crippen LogP contribution in [0.3, 0.4) is 0 Å². The van der Waals surface area contributed by atoms with Gasteiger partial charge in [-0.25, -0.2) is 4.39 Å². The second-order valence-corrected chi connectivity index (χ2v) is 5.96. The van der Waals surface area contributed by atoms with E-state index in [1.165, 1.54) is 17.7 Å². The lowest BCUT2D eigenvalue weighted by atomic mass is 10.0. The van der Waals surface area contributed by atoms with Gasteiger partial charge in [0.1, 0.15) is 11.9 Å². The fourth-order valence-corrected chi connectivity index (χ4v) is 2.47. The van der Waals surface area contributed by atoms with Crippen LogP contribution in [0, 0.1) is 5.82 Å². The van der Waals surface area contributed by atoms with Gasteiger partial charge in [-0.1, -0.05) is 31.2 Å². The molecule has 1 aliphatic rings. The molecular weight excluding hydrogens is 291 g/mol. The normalized spacial score (nSPS) is 15.0. The smallest absolute Gasteiger partial charge is 0.247 e. The molecular formula is C19H21FN2O. The van der Waals surface area contributed by atoms with Crippen LogP contribution >= 0.6 is 0 Å². The number of carbonyl (C=O) groups excluding carboxylic acids is 1. The standard InChI is InChI=1S/C19H21FN2O/c1-2-13-3-9-16(10-4-13)21-18(19(23)22-17-11-12-17)14-5-7-15(20)8-6-14/h3-10,17-18,21H,2,11-12H2,1H3,(H,22,23). The monoisotopic (exact) mass is 312 g/mol. The number of rotatable bonds is 6. The Balaban J connectivity index is 1.80. The summed E-state index contributed by atoms with van der Waals surface area (Å²) < 4.78 is 13.2. The molecule has 23 heavy (non-hydrogen) atoms. The van der Waals surface area contributed by atoms with Crippen LogP contribution in [0.25, 0.3) is 0 Å². The Morgan fingerprint density at radius 3 is 2.35 bits per heavy atom. The maximum absolute atomic E-state index is 13.2. The molecule has 0 saturated heterocycles. The molecule has 0 aromatic heterocycles. The van der Waals surface area contributed by atoms with Crippen molar-refractivity contribution in [2.24, 2.45) is 0 Å². The average Bonchev–Trinajstić information content (AvgIpc) is 3.38. The van der Waals surface area contributed by atoms with Gasteiger partial charge in [-0.15, -0.1) is 0 Å². The van der Waals surface area contributed by atoms with Gasteiger partial charge in [-0.3, -0.25) is 4.79 Å². The molecule has 1 saturated carbocycles. The van der Waals surface area contributed by atoms with E-state index in [0.717, 1.165) is 30.5 Å². The minimum atomic E-state index is -0.524. The van der Waals surface area contributed by atoms with Crippen molar-refractivity contribution < 1.29 is 9.18 Å². The summed E-state index contributed by atoms with van der Waals surface area (Å²) in [6.07, 6.45) is 3.05. The van der Waals surface area contributed by atoms with Crippen molar-refractivity contribution in [1.29, 1.82) is 0 Å². The average molecular weight is 312 g/mol. The number of hydrogen-bond acceptors (Lipinski definition) is 2. The molecule has 1 fully saturated rings. The maximum atomic E-state index is 13.2. The summed E-state index contributed by atoms with van der Waals surface area (Å²) in [5.41, 5.74) is 2.88. The number of carbonyl (C=O) groups is 1. The van der Waals surface area contributed by atoms with Gasteiger partial charge in [0.05, 0.1) is 0 Å². The summed E-state index contributed by atoms with van der Waals surface area (Å²) in [6, 6.07) is 13.9. The summed E-state index contributed by atoms with van der Waals surface area (Å²) in [4.78, 5) is 12.5. The van der Waals surface area contributed by atoms with Gasteiger partial charge in [-0.2, -0.15) is 0 Å². The molecule has 120 valence electrons. The topological polar surface area (TPSA) is 41.1 Å². The molecule has 1 atom stereocenters. The molecule has 3 rings (SSSR count). The second-order valence-electron chi connectivity index (χ2n) is 5.96. The third-order valence-corrected chi connectivity index (χ3v) is 4.06. The van der Waals surface area contributed by atoms with Crippen molar-refractivity contribution in [1.82, 2.24) is 5.32 Å². The third kappa shape index (κ3) is 4.09. The number of amides is 1. The van der Waals surface area contributed by atoms with Crippen LogP contribution in [-0.4, -0.2) is 11.9 Å². The summed E-state index contributed by atoms with van der Waals surface area (Å²) in [5.74, 6) is -0.374. The van der Waals surface area contributed by atoms with E-state index >= 15 is 0 Å². The van der Waals surface area contributed by atoms with E-state index in [1.54, 1.807) is 12.1 Å². The lowest BCUT2D eigenvalue weighted by Crippen LogP contribution is -2.34. The highest BCUT2D eigenvalue weighted by atomic mass is 19.1. The van der Waals surface area contributed by atoms with Crippen molar-refractivity contribution in [2.75, 3.05) is 5.32 Å². The Bertz CT molecular complexity index is 663. The Morgan fingerprint density at radius 1 is 1.13 bits per heavy atom. The summed E-state index contributed by atoms with van der Waals surface area (Å²) in [6.45, 7) is 2.10. The van der Waals surface area contributed by atoms with Gasteiger partial charge in [0.2, 0.25) is 5.91 Å². The first-order valence-electron chi connectivity index (χ1n) is 8.07. The van der Waals surface area contributed by atoms with E-state index in [0.29, 0.717) is 0 Å². The number of halogens is 1. The third-order valence-electron chi connectivity index (χ3n) is 4.06. The predicted octanol–water partition coefficient (Wildman–Crippen LogP) is 3.82. The van der Waals surface area contributed by atoms with Crippen LogP contribution in [0.15, 0.2) is 48.5 Å². The van der Waals surface area contributed by atoms with Crippen LogP contribution in [-0.2, 0) is 11.2 Å². The number of anilines is 1. The fourth-order valence-electron chi connectivity index (χ4n) is 2.47. The summed E-state index contributed by atoms with van der Waals surface area (Å²) >= 11 is 0. The molecule has 0 aliphatic heterocycles. The molecule has 1 amide bonds. The van der Waals surface area contributed by atoms with Gasteiger partial charge in [0, 0.05) is 11.7 Å². The van der Waals surface area contributed by atoms with E-state index in [9.17, 15) is 9.18 Å². The van der Waals surface area contributed by atoms with Crippen molar-refractivity contribution in [3.05, 3.63) is 65.5 Å². The number of nitrogens with one attached hydrogen (secondary N) is 2. The zero-order valence-electron chi connectivity index (χ0n) is 13.2. The van der Waals surface area contributed by atoms with E-state index in [4.69, 9.17) is 0 Å². The fraction of sp³-hybridized carbons (Fsp3) is 0.316. The maximum Gasteiger partial charge on any atom is 0.247 e. The minimum absolute atomic E-state index is 0.0707. The van der Waals surface area contributed by atoms with Crippen molar-refractivity contribution in [3.63, 3.8) is 0 Å². The minimum Gasteiger partial charge on any atom is -0.370 e. The highest BCUT2D eigenvalue weighted by molar-refractivity contribution is 5.86. The Hall–Kier alpha value is -2.36. The number of hydrogen-bond donors (Lipinski definition) is 2. The largest absolute Gasteiger partial charge is 0.370 e. The van der Waals surface area contributed by atoms with Gasteiger partial charge < -0.3 is 10.6 Å². The molecule has 2 N–H and O–H groups in total. The first-order valence-corrected chi connectivity index (χ1v) is 8.07. The highest BCUT2D eigenvalue weighted by Crippen LogP contribution is 2.24. The van der Waals surface area contributed by atoms with Crippen molar-refractivity contribution >= 4 is 11.6 Å². The van der Waals surface area contributed by atoms with Gasteiger partial charge >= 0.3 is 0 Å². The Morgan fingerprint density at radius 2 is 1.78 bits per heavy atom. The molecule has 2 aromatic carbocycles. The lowest BCUT2D eigenvalue weighted by Gasteiger charge is -2.20. The molecule has 2 aromatic rings. The zero-order valence-corrected chi connectivity index (χ0v) is 13.2. The molecule has 0 radical (unpaired) electrons. The van der Waals surface area contributed by atoms with Crippen LogP contribution in [0.2, 0.25) is 0 Å². The van der Waals surface area contributed by atoms with Gasteiger partial charge in [0.25, 0.3) is 0 Å². The second kappa shape index (κ2) is 6.82. The predicted molar refractivity (Wildman–Crippen MR) is 89.7 cm³/mol. The Kier molecular flexibility index (Phi) is 4.60. The molecule has 1 unspecified atom stereocenters. The molecule has 4 heteroatoms. The molecule has 1 aliphatic carbocycles. The van der Waals surface area contributed by atoms with Crippen LogP contribution in [0.1, 0.15) is 36.9 Å². The van der Waals surface area contributed by atoms with Crippen LogP contribution in [0.4, 0.5) is 10.1 Å². The van der Waals surface area contributed by atoms with Crippen LogP contribution < -0.4 is 10.6 Å². The first kappa shape index (κ1) is 15.5. The van der Waals surface area contributed by atoms with E-state index in [2.05, 4.69) is 17.6 Å². The molecule has 0 heterocycles. The van der Waals surface area contributed by atoms with E-state index in [1.807, 2.05) is 24.3 Å². The summed E-state index contributed by atoms with van der Waals surface area (Å²) in [5, 5.41) is 6.28. The molecule has 0 bridgehead atoms. The summed E-state index contributed by atoms with van der Waals surface area (Å²) in [7, 11) is 0. The highest BCUT2D eigenvalue weighted by Gasteiger charge is 2.28. The van der Waals surface area contributed by atoms with E-state index < -0.39 is 6.04 Å². The van der Waals surface area contributed by atoms with Gasteiger partial charge in [0.15, 0.2) is 0 Å². The number of aryl methyl sites for hydroxylation is 1. The van der Waals surface area contributed by atoms with E-state index in [-0.39, 0.29) is 17.8 Å². The van der Waals surface area contributed by atoms with Crippen LogP contribution in [0.5, 0.6) is 0 Å². The molecule has 0 spiro atoms.